The molecule has 0 aliphatic rings. The lowest BCUT2D eigenvalue weighted by Crippen LogP contribution is -1.38. The molecule has 2 N–H and O–H groups in total. The van der Waals surface area contributed by atoms with Gasteiger partial charge in [0.1, 0.15) is 0 Å². The van der Waals surface area contributed by atoms with Gasteiger partial charge < -0.3 is 0 Å². The van der Waals surface area contributed by atoms with E-state index in [2.05, 4.69) is 0 Å². The number of rotatable bonds is 0. The summed E-state index contributed by atoms with van der Waals surface area (Å²) < 4.78 is 8.70. The average Bonchev–Trinajstić information content (AvgIpc) is 0.811. The molecule has 1 unspecified atom stereocenters. The Labute approximate surface area is 44.4 Å². The molecule has 0 bridgehead atoms. The zero-order chi connectivity index (χ0) is 3.58. The first-order valence-corrected chi connectivity index (χ1v) is 1.75. The maximum Gasteiger partial charge on any atom is 0.692 e. The van der Waals surface area contributed by atoms with Crippen LogP contribution in [0.3, 0.4) is 0 Å². The molecule has 0 aromatic carbocycles. The molecule has 40 valence electrons. The van der Waals surface area contributed by atoms with Crippen LogP contribution in [0.2, 0.25) is 0 Å². The summed E-state index contributed by atoms with van der Waals surface area (Å²) in [5, 5.41) is 0. The fourth-order valence-electron chi connectivity index (χ4n) is 0. The van der Waals surface area contributed by atoms with Crippen molar-refractivity contribution in [1.29, 1.82) is 0 Å². The molecule has 3 nitrogen and oxygen atoms in total. The molecular weight excluding hydrogens is 138 g/mol. The third kappa shape index (κ3) is 141. The molecule has 0 fully saturated rings. The summed E-state index contributed by atoms with van der Waals surface area (Å²) >= 11 is 0. The summed E-state index contributed by atoms with van der Waals surface area (Å²) in [4.78, 5) is 14.2. The van der Waals surface area contributed by atoms with Crippen molar-refractivity contribution in [3.8, 4) is 0 Å². The first-order valence-electron chi connectivity index (χ1n) is 0.583. The summed E-state index contributed by atoms with van der Waals surface area (Å²) in [6.45, 7) is 0. The van der Waals surface area contributed by atoms with Crippen LogP contribution in [0.5, 0.6) is 0 Å². The second kappa shape index (κ2) is 9.18. The third-order valence-electron chi connectivity index (χ3n) is 0. The average molecular weight is 147 g/mol. The molecule has 0 aromatic rings. The molecule has 0 spiro atoms. The maximum atomic E-state index is 8.70. The van der Waals surface area contributed by atoms with Crippen molar-refractivity contribution in [3.05, 3.63) is 0 Å². The minimum atomic E-state index is -2.87. The Kier molecular flexibility index (Phi) is 24.4. The van der Waals surface area contributed by atoms with E-state index in [1.54, 1.807) is 0 Å². The Hall–Kier alpha value is 0.667. The van der Waals surface area contributed by atoms with Crippen molar-refractivity contribution in [2.45, 2.75) is 0 Å². The van der Waals surface area contributed by atoms with E-state index in [4.69, 9.17) is 14.4 Å². The highest BCUT2D eigenvalue weighted by Gasteiger charge is 1.93. The van der Waals surface area contributed by atoms with E-state index in [1.165, 1.54) is 0 Å². The van der Waals surface area contributed by atoms with Crippen molar-refractivity contribution in [2.75, 3.05) is 0 Å². The van der Waals surface area contributed by atoms with E-state index in [9.17, 15) is 0 Å². The van der Waals surface area contributed by atoms with Crippen LogP contribution in [0.15, 0.2) is 0 Å². The predicted molar refractivity (Wildman–Crippen MR) is 34.5 cm³/mol. The SMILES string of the molecule is O=[P+](O)O.P.[SiH4]. The van der Waals surface area contributed by atoms with Crippen LogP contribution in [0.25, 0.3) is 0 Å². The Morgan fingerprint density at radius 2 is 1.33 bits per heavy atom. The molecular formula is H9O3P2Si+. The van der Waals surface area contributed by atoms with Gasteiger partial charge in [-0.1, -0.05) is 0 Å². The van der Waals surface area contributed by atoms with Crippen LogP contribution < -0.4 is 0 Å². The van der Waals surface area contributed by atoms with E-state index < -0.39 is 8.25 Å². The lowest BCUT2D eigenvalue weighted by Gasteiger charge is -1.34. The molecule has 0 aliphatic carbocycles. The lowest BCUT2D eigenvalue weighted by molar-refractivity contribution is 0.405. The van der Waals surface area contributed by atoms with Crippen LogP contribution in [-0.4, -0.2) is 20.8 Å². The van der Waals surface area contributed by atoms with E-state index >= 15 is 0 Å². The first kappa shape index (κ1) is 15.9. The second-order valence-electron chi connectivity index (χ2n) is 0.253. The molecule has 0 radical (unpaired) electrons. The quantitative estimate of drug-likeness (QED) is 0.315. The van der Waals surface area contributed by atoms with Gasteiger partial charge in [-0.25, -0.2) is 0 Å². The first-order chi connectivity index (χ1) is 1.73. The maximum absolute atomic E-state index is 8.70. The minimum absolute atomic E-state index is 0. The zero-order valence-electron chi connectivity index (χ0n) is 2.46. The van der Waals surface area contributed by atoms with Gasteiger partial charge in [-0.05, 0) is 11.0 Å². The van der Waals surface area contributed by atoms with E-state index in [0.717, 1.165) is 0 Å². The standard InChI is InChI=1S/HO3P.H3P.H4Si/c1-4(2)3;;/h(H-,1,2,3);1H3;1H4/p+1. The van der Waals surface area contributed by atoms with Crippen molar-refractivity contribution in [2.24, 2.45) is 0 Å². The third-order valence-corrected chi connectivity index (χ3v) is 0. The summed E-state index contributed by atoms with van der Waals surface area (Å²) in [6.07, 6.45) is 0. The van der Waals surface area contributed by atoms with Gasteiger partial charge in [0.25, 0.3) is 0 Å². The van der Waals surface area contributed by atoms with Gasteiger partial charge in [0.05, 0.1) is 0 Å². The number of hydrogen-bond donors (Lipinski definition) is 2. The van der Waals surface area contributed by atoms with Crippen LogP contribution in [-0.2, 0) is 4.57 Å². The normalized spacial score (nSPS) is 4.33. The Bertz CT molecular complexity index is 31.8. The van der Waals surface area contributed by atoms with Crippen molar-refractivity contribution >= 4 is 29.1 Å². The summed E-state index contributed by atoms with van der Waals surface area (Å²) in [5.41, 5.74) is 0. The van der Waals surface area contributed by atoms with Gasteiger partial charge in [0.2, 0.25) is 0 Å². The van der Waals surface area contributed by atoms with Crippen LogP contribution in [0.4, 0.5) is 0 Å². The lowest BCUT2D eigenvalue weighted by atomic mass is 15.8. The number of hydrogen-bond acceptors (Lipinski definition) is 1. The molecule has 0 saturated carbocycles. The molecule has 0 rings (SSSR count). The Morgan fingerprint density at radius 3 is 1.33 bits per heavy atom. The van der Waals surface area contributed by atoms with Crippen LogP contribution >= 0.6 is 18.2 Å². The van der Waals surface area contributed by atoms with Gasteiger partial charge in [0.15, 0.2) is 0 Å². The zero-order valence-corrected chi connectivity index (χ0v) is 4.77. The van der Waals surface area contributed by atoms with Gasteiger partial charge in [-0.15, -0.1) is 9.79 Å². The summed E-state index contributed by atoms with van der Waals surface area (Å²) in [7, 11) is -2.87. The molecule has 1 atom stereocenters. The molecule has 0 aliphatic heterocycles. The van der Waals surface area contributed by atoms with Gasteiger partial charge in [-0.3, -0.25) is 0 Å². The molecule has 6 heavy (non-hydrogen) atoms. The largest absolute Gasteiger partial charge is 0.692 e. The summed E-state index contributed by atoms with van der Waals surface area (Å²) in [6, 6.07) is 0. The van der Waals surface area contributed by atoms with E-state index in [1.807, 2.05) is 0 Å². The molecule has 0 heterocycles. The fraction of sp³-hybridized carbons (Fsp3) is 0. The van der Waals surface area contributed by atoms with Crippen molar-refractivity contribution in [3.63, 3.8) is 0 Å². The van der Waals surface area contributed by atoms with Crippen molar-refractivity contribution in [1.82, 2.24) is 0 Å². The highest BCUT2D eigenvalue weighted by molar-refractivity contribution is 7.30. The van der Waals surface area contributed by atoms with Crippen molar-refractivity contribution < 1.29 is 14.4 Å². The van der Waals surface area contributed by atoms with Crippen LogP contribution in [0, 0.1) is 0 Å². The summed E-state index contributed by atoms with van der Waals surface area (Å²) in [5.74, 6) is 0. The topological polar surface area (TPSA) is 57.5 Å². The molecule has 6 heteroatoms. The highest BCUT2D eigenvalue weighted by Crippen LogP contribution is 1.98. The molecule has 0 aromatic heterocycles. The van der Waals surface area contributed by atoms with Gasteiger partial charge in [0, 0.05) is 4.57 Å². The Balaban J connectivity index is -0.0000000450. The predicted octanol–water partition coefficient (Wildman–Crippen LogP) is -1.77. The van der Waals surface area contributed by atoms with Gasteiger partial charge >= 0.3 is 8.25 Å². The second-order valence-corrected chi connectivity index (χ2v) is 0.758. The molecule has 0 saturated heterocycles. The van der Waals surface area contributed by atoms with E-state index in [-0.39, 0.29) is 20.9 Å². The Morgan fingerprint density at radius 1 is 1.33 bits per heavy atom. The minimum Gasteiger partial charge on any atom is -0.153 e. The van der Waals surface area contributed by atoms with Gasteiger partial charge in [-0.2, -0.15) is 9.90 Å². The fourth-order valence-corrected chi connectivity index (χ4v) is 0. The highest BCUT2D eigenvalue weighted by atomic mass is 31.1. The monoisotopic (exact) mass is 147 g/mol. The van der Waals surface area contributed by atoms with E-state index in [0.29, 0.717) is 0 Å². The van der Waals surface area contributed by atoms with Crippen LogP contribution in [0.1, 0.15) is 0 Å². The molecule has 0 amide bonds. The smallest absolute Gasteiger partial charge is 0.153 e.